The number of aromatic nitrogens is 4. The molecule has 4 heterocycles. The molecule has 230 valence electrons. The fourth-order valence-electron chi connectivity index (χ4n) is 5.22. The number of nitro groups is 1. The van der Waals surface area contributed by atoms with Crippen LogP contribution in [0.2, 0.25) is 0 Å². The van der Waals surface area contributed by atoms with Crippen molar-refractivity contribution in [2.24, 2.45) is 5.92 Å². The Hall–Kier alpha value is -4.85. The minimum Gasteiger partial charge on any atom is -0.410 e. The van der Waals surface area contributed by atoms with Crippen LogP contribution in [-0.2, 0) is 9.53 Å². The first-order valence-electron chi connectivity index (χ1n) is 14.2. The van der Waals surface area contributed by atoms with Crippen LogP contribution in [0.1, 0.15) is 44.2 Å². The van der Waals surface area contributed by atoms with Gasteiger partial charge in [0, 0.05) is 31.6 Å². The average molecular weight is 607 g/mol. The maximum Gasteiger partial charge on any atom is 0.415 e. The Bertz CT molecular complexity index is 1660. The van der Waals surface area contributed by atoms with Gasteiger partial charge in [-0.25, -0.2) is 19.7 Å². The summed E-state index contributed by atoms with van der Waals surface area (Å²) in [4.78, 5) is 49.9. The highest BCUT2D eigenvalue weighted by atomic mass is 16.6. The van der Waals surface area contributed by atoms with Crippen LogP contribution < -0.4 is 15.8 Å². The number of fused-ring (bicyclic) bond motifs is 1. The maximum absolute atomic E-state index is 12.5. The van der Waals surface area contributed by atoms with E-state index in [1.54, 1.807) is 4.90 Å². The Morgan fingerprint density at radius 2 is 1.95 bits per heavy atom. The number of rotatable bonds is 6. The van der Waals surface area contributed by atoms with E-state index < -0.39 is 41.5 Å². The number of nitrogens with one attached hydrogen (secondary N) is 1. The quantitative estimate of drug-likeness (QED) is 0.174. The molecule has 2 saturated heterocycles. The Kier molecular flexibility index (Phi) is 7.99. The monoisotopic (exact) mass is 606 g/mol. The lowest BCUT2D eigenvalue weighted by atomic mass is 9.94. The van der Waals surface area contributed by atoms with Gasteiger partial charge in [-0.1, -0.05) is 12.0 Å². The first-order valence-corrected chi connectivity index (χ1v) is 14.2. The molecule has 1 unspecified atom stereocenters. The van der Waals surface area contributed by atoms with Crippen molar-refractivity contribution in [2.75, 3.05) is 18.8 Å². The first kappa shape index (κ1) is 29.2. The fraction of sp³-hybridized carbons (Fsp3) is 0.464. The predicted molar refractivity (Wildman–Crippen MR) is 152 cm³/mol. The van der Waals surface area contributed by atoms with Gasteiger partial charge in [-0.05, 0) is 43.6 Å². The maximum atomic E-state index is 12.5. The van der Waals surface area contributed by atoms with Crippen molar-refractivity contribution < 1.29 is 34.2 Å². The third-order valence-corrected chi connectivity index (χ3v) is 7.84. The SMILES string of the molecule is Nc1nc(C#CCC2CCN(C(=O)Oc3cccc([N+](=O)[O-])c3)CC2)nc2c1ncn2[C@@H]1O[C@H](C(=O)NC2CC2)C(O)[C@@H]1O. The predicted octanol–water partition coefficient (Wildman–Crippen LogP) is 0.867. The number of carbonyl (C=O) groups excluding carboxylic acids is 2. The highest BCUT2D eigenvalue weighted by Gasteiger charge is 2.48. The van der Waals surface area contributed by atoms with Crippen molar-refractivity contribution in [3.05, 3.63) is 46.5 Å². The van der Waals surface area contributed by atoms with E-state index in [-0.39, 0.29) is 46.2 Å². The molecule has 2 aliphatic heterocycles. The molecule has 16 heteroatoms. The Balaban J connectivity index is 1.07. The van der Waals surface area contributed by atoms with Crippen LogP contribution in [0.25, 0.3) is 11.2 Å². The summed E-state index contributed by atoms with van der Waals surface area (Å²) in [5.74, 6) is 6.03. The number of aliphatic hydroxyl groups excluding tert-OH is 2. The van der Waals surface area contributed by atoms with E-state index in [1.165, 1.54) is 35.2 Å². The number of nitrogens with two attached hydrogens (primary N) is 1. The molecule has 5 N–H and O–H groups in total. The molecule has 1 aliphatic carbocycles. The van der Waals surface area contributed by atoms with Gasteiger partial charge in [0.15, 0.2) is 23.8 Å². The molecule has 4 atom stereocenters. The van der Waals surface area contributed by atoms with Crippen LogP contribution in [0.15, 0.2) is 30.6 Å². The standard InChI is InChI=1S/C28H30N8O8/c29-24-20-25(35(14-30-20)27-22(38)21(37)23(44-27)26(39)31-16-7-8-16)33-19(32-24)6-1-3-15-9-11-34(12-10-15)28(40)43-18-5-2-4-17(13-18)36(41)42/h2,4-5,13-16,21-23,27,37-38H,3,7-12H2,(H,31,39)(H2,29,32,33)/t21?,22-,23-,27+/m0/s1. The number of anilines is 1. The first-order chi connectivity index (χ1) is 21.2. The molecule has 1 aromatic carbocycles. The lowest BCUT2D eigenvalue weighted by molar-refractivity contribution is -0.384. The van der Waals surface area contributed by atoms with Crippen LogP contribution in [-0.4, -0.2) is 89.0 Å². The molecule has 6 rings (SSSR count). The van der Waals surface area contributed by atoms with Crippen molar-refractivity contribution in [3.8, 4) is 17.6 Å². The fourth-order valence-corrected chi connectivity index (χ4v) is 5.22. The van der Waals surface area contributed by atoms with Gasteiger partial charge < -0.3 is 35.6 Å². The van der Waals surface area contributed by atoms with Gasteiger partial charge in [-0.15, -0.1) is 0 Å². The lowest BCUT2D eigenvalue weighted by Crippen LogP contribution is -2.43. The smallest absolute Gasteiger partial charge is 0.410 e. The summed E-state index contributed by atoms with van der Waals surface area (Å²) in [5, 5.41) is 34.9. The highest BCUT2D eigenvalue weighted by molar-refractivity contribution is 5.83. The number of non-ortho nitro benzene ring substituents is 1. The van der Waals surface area contributed by atoms with Crippen molar-refractivity contribution in [1.82, 2.24) is 29.7 Å². The molecule has 3 aromatic rings. The van der Waals surface area contributed by atoms with E-state index in [0.29, 0.717) is 32.4 Å². The zero-order chi connectivity index (χ0) is 31.0. The van der Waals surface area contributed by atoms with E-state index in [4.69, 9.17) is 15.2 Å². The topological polar surface area (TPSA) is 221 Å². The Morgan fingerprint density at radius 3 is 2.68 bits per heavy atom. The van der Waals surface area contributed by atoms with Gasteiger partial charge in [-0.3, -0.25) is 19.5 Å². The van der Waals surface area contributed by atoms with Gasteiger partial charge >= 0.3 is 6.09 Å². The Labute approximate surface area is 250 Å². The third-order valence-electron chi connectivity index (χ3n) is 7.84. The molecular formula is C28H30N8O8. The van der Waals surface area contributed by atoms with Gasteiger partial charge in [0.2, 0.25) is 5.82 Å². The number of hydrogen-bond acceptors (Lipinski definition) is 12. The van der Waals surface area contributed by atoms with Crippen LogP contribution in [0.4, 0.5) is 16.3 Å². The van der Waals surface area contributed by atoms with Crippen molar-refractivity contribution in [3.63, 3.8) is 0 Å². The zero-order valence-corrected chi connectivity index (χ0v) is 23.4. The second-order valence-corrected chi connectivity index (χ2v) is 11.0. The molecular weight excluding hydrogens is 576 g/mol. The molecule has 3 aliphatic rings. The second kappa shape index (κ2) is 12.0. The minimum absolute atomic E-state index is 0.0640. The van der Waals surface area contributed by atoms with E-state index >= 15 is 0 Å². The number of imidazole rings is 1. The van der Waals surface area contributed by atoms with Gasteiger partial charge in [-0.2, -0.15) is 0 Å². The Morgan fingerprint density at radius 1 is 1.18 bits per heavy atom. The molecule has 2 amide bonds. The molecule has 2 aromatic heterocycles. The summed E-state index contributed by atoms with van der Waals surface area (Å²) < 4.78 is 12.5. The number of nitrogen functional groups attached to an aromatic ring is 1. The third kappa shape index (κ3) is 6.11. The molecule has 1 saturated carbocycles. The van der Waals surface area contributed by atoms with Gasteiger partial charge in [0.25, 0.3) is 11.6 Å². The van der Waals surface area contributed by atoms with E-state index in [9.17, 15) is 29.9 Å². The number of ether oxygens (including phenoxy) is 2. The lowest BCUT2D eigenvalue weighted by Gasteiger charge is -2.30. The minimum atomic E-state index is -1.44. The summed E-state index contributed by atoms with van der Waals surface area (Å²) in [7, 11) is 0. The molecule has 0 radical (unpaired) electrons. The van der Waals surface area contributed by atoms with Crippen molar-refractivity contribution in [2.45, 2.75) is 62.7 Å². The number of nitro benzene ring substituents is 1. The molecule has 3 fully saturated rings. The summed E-state index contributed by atoms with van der Waals surface area (Å²) in [6.07, 6.45) is -0.836. The summed E-state index contributed by atoms with van der Waals surface area (Å²) in [6, 6.07) is 5.54. The van der Waals surface area contributed by atoms with Crippen molar-refractivity contribution in [1.29, 1.82) is 0 Å². The highest BCUT2D eigenvalue weighted by Crippen LogP contribution is 2.33. The number of nitrogens with zero attached hydrogens (tertiary/aromatic N) is 6. The van der Waals surface area contributed by atoms with Gasteiger partial charge in [0.1, 0.15) is 23.5 Å². The van der Waals surface area contributed by atoms with E-state index in [1.807, 2.05) is 0 Å². The summed E-state index contributed by atoms with van der Waals surface area (Å²) in [5.41, 5.74) is 6.44. The normalized spacial score (nSPS) is 23.6. The van der Waals surface area contributed by atoms with E-state index in [2.05, 4.69) is 32.1 Å². The number of carbonyl (C=O) groups is 2. The van der Waals surface area contributed by atoms with Crippen molar-refractivity contribution >= 4 is 34.7 Å². The van der Waals surface area contributed by atoms with Crippen LogP contribution in [0.3, 0.4) is 0 Å². The molecule has 0 spiro atoms. The van der Waals surface area contributed by atoms with Gasteiger partial charge in [0.05, 0.1) is 17.3 Å². The summed E-state index contributed by atoms with van der Waals surface area (Å²) >= 11 is 0. The largest absolute Gasteiger partial charge is 0.415 e. The number of benzene rings is 1. The molecule has 0 bridgehead atoms. The number of likely N-dealkylation sites (tertiary alicyclic amines) is 1. The summed E-state index contributed by atoms with van der Waals surface area (Å²) in [6.45, 7) is 0.897. The van der Waals surface area contributed by atoms with E-state index in [0.717, 1.165) is 12.8 Å². The van der Waals surface area contributed by atoms with Crippen LogP contribution >= 0.6 is 0 Å². The number of aliphatic hydroxyl groups is 2. The van der Waals surface area contributed by atoms with Crippen LogP contribution in [0, 0.1) is 27.9 Å². The molecule has 16 nitrogen and oxygen atoms in total. The van der Waals surface area contributed by atoms with Crippen LogP contribution in [0.5, 0.6) is 5.75 Å². The number of amides is 2. The average Bonchev–Trinajstić information content (AvgIpc) is 3.64. The molecule has 44 heavy (non-hydrogen) atoms. The number of hydrogen-bond donors (Lipinski definition) is 4. The second-order valence-electron chi connectivity index (χ2n) is 11.0. The zero-order valence-electron chi connectivity index (χ0n) is 23.4. The number of piperidine rings is 1.